The highest BCUT2D eigenvalue weighted by Gasteiger charge is 2.35. The summed E-state index contributed by atoms with van der Waals surface area (Å²) in [6.45, 7) is 0. The first-order valence-corrected chi connectivity index (χ1v) is 18.0. The van der Waals surface area contributed by atoms with E-state index < -0.39 is 0 Å². The van der Waals surface area contributed by atoms with Crippen LogP contribution in [-0.4, -0.2) is 16.3 Å². The molecule has 43 heavy (non-hydrogen) atoms. The molecule has 8 rings (SSSR count). The molecule has 0 bridgehead atoms. The maximum atomic E-state index is 5.28. The molecule has 1 aromatic heterocycles. The van der Waals surface area contributed by atoms with Crippen LogP contribution in [0, 0.1) is 0 Å². The van der Waals surface area contributed by atoms with Crippen LogP contribution >= 0.6 is 7.92 Å². The Hall–Kier alpha value is -3.54. The molecule has 2 saturated carbocycles. The fraction of sp³-hybridized carbons (Fsp3) is 0.293. The van der Waals surface area contributed by atoms with E-state index in [0.717, 1.165) is 22.5 Å². The molecule has 0 spiro atoms. The van der Waals surface area contributed by atoms with Crippen LogP contribution in [0.4, 0.5) is 0 Å². The number of hydrogen-bond donors (Lipinski definition) is 0. The molecule has 0 saturated heterocycles. The van der Waals surface area contributed by atoms with Crippen molar-refractivity contribution >= 4 is 45.7 Å². The first-order chi connectivity index (χ1) is 21.3. The third-order valence-corrected chi connectivity index (χ3v) is 13.7. The molecule has 6 aromatic rings. The van der Waals surface area contributed by atoms with Crippen molar-refractivity contribution in [2.45, 2.75) is 75.5 Å². The summed E-state index contributed by atoms with van der Waals surface area (Å²) in [5.74, 6) is 0. The molecule has 1 nitrogen and oxygen atoms in total. The van der Waals surface area contributed by atoms with E-state index in [1.54, 1.807) is 5.30 Å². The molecule has 2 aliphatic rings. The summed E-state index contributed by atoms with van der Waals surface area (Å²) in [7, 11) is -0.295. The number of rotatable bonds is 5. The largest absolute Gasteiger partial charge is 0.248 e. The molecule has 214 valence electrons. The number of para-hydroxylation sites is 1. The van der Waals surface area contributed by atoms with Crippen molar-refractivity contribution in [3.8, 4) is 22.4 Å². The van der Waals surface area contributed by atoms with Gasteiger partial charge in [-0.25, -0.2) is 4.98 Å². The summed E-state index contributed by atoms with van der Waals surface area (Å²) in [5.41, 5.74) is 7.92. The zero-order valence-electron chi connectivity index (χ0n) is 25.0. The van der Waals surface area contributed by atoms with Crippen molar-refractivity contribution in [2.24, 2.45) is 0 Å². The number of fused-ring (bicyclic) bond motifs is 3. The standard InChI is InChI=1S/C41H40NP/c1-3-16-32(17-4-1)43(33-18-5-2-6-19-33)39-28-25-30-14-8-11-21-35(30)41(39)40-34-20-10-7-13-29(34)23-26-36(40)38-27-24-31-15-9-12-22-37(31)42-38/h7-15,20-28,32-33H,1-6,16-19H2. The minimum Gasteiger partial charge on any atom is -0.248 e. The number of nitrogens with zero attached hydrogens (tertiary/aromatic N) is 1. The molecular weight excluding hydrogens is 537 g/mol. The summed E-state index contributed by atoms with van der Waals surface area (Å²) < 4.78 is 0. The van der Waals surface area contributed by atoms with E-state index in [9.17, 15) is 0 Å². The average molecular weight is 578 g/mol. The molecule has 0 amide bonds. The second-order valence-corrected chi connectivity index (χ2v) is 15.5. The molecule has 0 atom stereocenters. The van der Waals surface area contributed by atoms with Gasteiger partial charge in [-0.3, -0.25) is 0 Å². The van der Waals surface area contributed by atoms with E-state index in [0.29, 0.717) is 0 Å². The maximum absolute atomic E-state index is 5.28. The van der Waals surface area contributed by atoms with Gasteiger partial charge in [0.2, 0.25) is 0 Å². The molecular formula is C41H40NP. The molecule has 0 N–H and O–H groups in total. The van der Waals surface area contributed by atoms with Crippen LogP contribution in [-0.2, 0) is 0 Å². The third kappa shape index (κ3) is 5.07. The summed E-state index contributed by atoms with van der Waals surface area (Å²) in [6, 6.07) is 40.9. The minimum atomic E-state index is -0.295. The first-order valence-electron chi connectivity index (χ1n) is 16.5. The fourth-order valence-electron chi connectivity index (χ4n) is 8.12. The highest BCUT2D eigenvalue weighted by molar-refractivity contribution is 7.67. The monoisotopic (exact) mass is 577 g/mol. The van der Waals surface area contributed by atoms with Crippen molar-refractivity contribution < 1.29 is 0 Å². The van der Waals surface area contributed by atoms with Gasteiger partial charge in [0, 0.05) is 16.5 Å². The molecule has 0 aliphatic heterocycles. The number of aromatic nitrogens is 1. The zero-order chi connectivity index (χ0) is 28.6. The van der Waals surface area contributed by atoms with Crippen LogP contribution in [0.1, 0.15) is 64.2 Å². The van der Waals surface area contributed by atoms with Crippen LogP contribution in [0.5, 0.6) is 0 Å². The highest BCUT2D eigenvalue weighted by atomic mass is 31.1. The van der Waals surface area contributed by atoms with Crippen LogP contribution in [0.2, 0.25) is 0 Å². The minimum absolute atomic E-state index is 0.295. The second-order valence-electron chi connectivity index (χ2n) is 12.8. The lowest BCUT2D eigenvalue weighted by Crippen LogP contribution is -2.27. The molecule has 2 fully saturated rings. The highest BCUT2D eigenvalue weighted by Crippen LogP contribution is 2.57. The smallest absolute Gasteiger partial charge is 0.0716 e. The van der Waals surface area contributed by atoms with Gasteiger partial charge >= 0.3 is 0 Å². The van der Waals surface area contributed by atoms with Crippen LogP contribution in [0.25, 0.3) is 54.8 Å². The second kappa shape index (κ2) is 11.9. The van der Waals surface area contributed by atoms with Gasteiger partial charge in [0.15, 0.2) is 0 Å². The number of benzene rings is 5. The number of hydrogen-bond acceptors (Lipinski definition) is 1. The van der Waals surface area contributed by atoms with Gasteiger partial charge in [-0.2, -0.15) is 0 Å². The summed E-state index contributed by atoms with van der Waals surface area (Å²) in [6.07, 6.45) is 14.1. The van der Waals surface area contributed by atoms with Crippen molar-refractivity contribution in [1.82, 2.24) is 4.98 Å². The Morgan fingerprint density at radius 2 is 1.00 bits per heavy atom. The predicted octanol–water partition coefficient (Wildman–Crippen LogP) is 11.6. The Morgan fingerprint density at radius 1 is 0.465 bits per heavy atom. The Kier molecular flexibility index (Phi) is 7.46. The third-order valence-electron chi connectivity index (χ3n) is 10.2. The van der Waals surface area contributed by atoms with Gasteiger partial charge in [-0.15, -0.1) is 0 Å². The lowest BCUT2D eigenvalue weighted by Gasteiger charge is -2.40. The molecule has 1 heterocycles. The normalized spacial score (nSPS) is 16.9. The molecule has 0 unspecified atom stereocenters. The fourth-order valence-corrected chi connectivity index (χ4v) is 12.1. The molecule has 0 radical (unpaired) electrons. The van der Waals surface area contributed by atoms with Crippen LogP contribution < -0.4 is 5.30 Å². The lowest BCUT2D eigenvalue weighted by atomic mass is 9.88. The van der Waals surface area contributed by atoms with Crippen molar-refractivity contribution in [3.05, 3.63) is 109 Å². The van der Waals surface area contributed by atoms with Gasteiger partial charge in [-0.05, 0) is 81.5 Å². The lowest BCUT2D eigenvalue weighted by molar-refractivity contribution is 0.487. The first kappa shape index (κ1) is 27.0. The van der Waals surface area contributed by atoms with E-state index >= 15 is 0 Å². The zero-order valence-corrected chi connectivity index (χ0v) is 25.9. The van der Waals surface area contributed by atoms with Gasteiger partial charge < -0.3 is 0 Å². The summed E-state index contributed by atoms with van der Waals surface area (Å²) in [5, 5.41) is 8.24. The van der Waals surface area contributed by atoms with E-state index in [2.05, 4.69) is 109 Å². The SMILES string of the molecule is c1ccc2nc(-c3ccc4ccccc4c3-c3c(P(C4CCCCC4)C4CCCCC4)ccc4ccccc34)ccc2c1. The van der Waals surface area contributed by atoms with E-state index in [1.807, 2.05) is 0 Å². The molecule has 5 aromatic carbocycles. The summed E-state index contributed by atoms with van der Waals surface area (Å²) in [4.78, 5) is 5.28. The van der Waals surface area contributed by atoms with E-state index in [-0.39, 0.29) is 7.92 Å². The van der Waals surface area contributed by atoms with Crippen LogP contribution in [0.3, 0.4) is 0 Å². The Balaban J connectivity index is 1.45. The predicted molar refractivity (Wildman–Crippen MR) is 188 cm³/mol. The van der Waals surface area contributed by atoms with Gasteiger partial charge in [0.05, 0.1) is 11.2 Å². The Morgan fingerprint density at radius 3 is 1.67 bits per heavy atom. The van der Waals surface area contributed by atoms with Gasteiger partial charge in [0.1, 0.15) is 0 Å². The van der Waals surface area contributed by atoms with Gasteiger partial charge in [-0.1, -0.05) is 144 Å². The van der Waals surface area contributed by atoms with Crippen molar-refractivity contribution in [2.75, 3.05) is 0 Å². The Labute approximate surface area is 257 Å². The quantitative estimate of drug-likeness (QED) is 0.186. The maximum Gasteiger partial charge on any atom is 0.0716 e. The number of pyridine rings is 1. The van der Waals surface area contributed by atoms with Gasteiger partial charge in [0.25, 0.3) is 0 Å². The Bertz CT molecular complexity index is 1890. The van der Waals surface area contributed by atoms with Crippen molar-refractivity contribution in [3.63, 3.8) is 0 Å². The summed E-state index contributed by atoms with van der Waals surface area (Å²) >= 11 is 0. The average Bonchev–Trinajstić information content (AvgIpc) is 3.08. The van der Waals surface area contributed by atoms with Crippen LogP contribution in [0.15, 0.2) is 109 Å². The van der Waals surface area contributed by atoms with E-state index in [4.69, 9.17) is 4.98 Å². The van der Waals surface area contributed by atoms with E-state index in [1.165, 1.54) is 108 Å². The molecule has 2 heteroatoms. The van der Waals surface area contributed by atoms with Crippen molar-refractivity contribution in [1.29, 1.82) is 0 Å². The molecule has 2 aliphatic carbocycles. The topological polar surface area (TPSA) is 12.9 Å².